The molecule has 0 atom stereocenters. The number of aryl methyl sites for hydroxylation is 2. The summed E-state index contributed by atoms with van der Waals surface area (Å²) < 4.78 is 0. The minimum absolute atomic E-state index is 0.861. The second-order valence-corrected chi connectivity index (χ2v) is 1.88. The van der Waals surface area contributed by atoms with Gasteiger partial charge in [0.2, 0.25) is 0 Å². The highest BCUT2D eigenvalue weighted by molar-refractivity contribution is 4.89. The monoisotopic (exact) mass is 125 g/mol. The zero-order valence-electron chi connectivity index (χ0n) is 5.83. The SMILES string of the molecule is CCc1cnn(CC)n1. The van der Waals surface area contributed by atoms with Crippen molar-refractivity contribution in [2.45, 2.75) is 26.8 Å². The highest BCUT2D eigenvalue weighted by Gasteiger charge is 1.92. The lowest BCUT2D eigenvalue weighted by Crippen LogP contribution is -1.98. The van der Waals surface area contributed by atoms with Crippen LogP contribution >= 0.6 is 0 Å². The largest absolute Gasteiger partial charge is 0.185 e. The van der Waals surface area contributed by atoms with Crippen molar-refractivity contribution in [3.63, 3.8) is 0 Å². The van der Waals surface area contributed by atoms with Gasteiger partial charge in [-0.25, -0.2) is 0 Å². The van der Waals surface area contributed by atoms with Crippen LogP contribution in [0.4, 0.5) is 0 Å². The van der Waals surface area contributed by atoms with Gasteiger partial charge in [-0.2, -0.15) is 15.0 Å². The van der Waals surface area contributed by atoms with Crippen LogP contribution in [0.5, 0.6) is 0 Å². The summed E-state index contributed by atoms with van der Waals surface area (Å²) in [6.45, 7) is 4.96. The molecule has 3 nitrogen and oxygen atoms in total. The molecule has 0 unspecified atom stereocenters. The molecule has 1 aromatic rings. The Balaban J connectivity index is 2.74. The van der Waals surface area contributed by atoms with Gasteiger partial charge in [-0.3, -0.25) is 0 Å². The molecule has 1 rings (SSSR count). The quantitative estimate of drug-likeness (QED) is 0.587. The highest BCUT2D eigenvalue weighted by Crippen LogP contribution is 1.90. The minimum Gasteiger partial charge on any atom is -0.185 e. The second-order valence-electron chi connectivity index (χ2n) is 1.88. The van der Waals surface area contributed by atoms with Crippen molar-refractivity contribution in [1.82, 2.24) is 15.0 Å². The van der Waals surface area contributed by atoms with Crippen molar-refractivity contribution in [2.75, 3.05) is 0 Å². The smallest absolute Gasteiger partial charge is 0.0824 e. The number of nitrogens with zero attached hydrogens (tertiary/aromatic N) is 3. The van der Waals surface area contributed by atoms with Gasteiger partial charge in [-0.1, -0.05) is 6.92 Å². The van der Waals surface area contributed by atoms with Crippen LogP contribution in [0.1, 0.15) is 19.5 Å². The highest BCUT2D eigenvalue weighted by atomic mass is 15.5. The van der Waals surface area contributed by atoms with Crippen molar-refractivity contribution in [3.8, 4) is 0 Å². The average molecular weight is 125 g/mol. The molecule has 0 spiro atoms. The molecule has 0 radical (unpaired) electrons. The Hall–Kier alpha value is -0.860. The van der Waals surface area contributed by atoms with E-state index in [1.54, 1.807) is 4.80 Å². The lowest BCUT2D eigenvalue weighted by Gasteiger charge is -1.87. The van der Waals surface area contributed by atoms with Crippen LogP contribution in [-0.2, 0) is 13.0 Å². The summed E-state index contributed by atoms with van der Waals surface area (Å²) >= 11 is 0. The van der Waals surface area contributed by atoms with E-state index in [1.807, 2.05) is 13.1 Å². The van der Waals surface area contributed by atoms with E-state index < -0.39 is 0 Å². The molecule has 1 aromatic heterocycles. The first-order valence-electron chi connectivity index (χ1n) is 3.25. The van der Waals surface area contributed by atoms with Crippen LogP contribution in [0.25, 0.3) is 0 Å². The van der Waals surface area contributed by atoms with Crippen LogP contribution in [0.15, 0.2) is 6.20 Å². The van der Waals surface area contributed by atoms with Gasteiger partial charge in [0.25, 0.3) is 0 Å². The molecule has 3 heteroatoms. The topological polar surface area (TPSA) is 30.7 Å². The fraction of sp³-hybridized carbons (Fsp3) is 0.667. The number of rotatable bonds is 2. The Morgan fingerprint density at radius 2 is 2.33 bits per heavy atom. The molecule has 0 aliphatic rings. The Morgan fingerprint density at radius 3 is 2.67 bits per heavy atom. The van der Waals surface area contributed by atoms with E-state index in [9.17, 15) is 0 Å². The normalized spacial score (nSPS) is 10.0. The first-order chi connectivity index (χ1) is 4.36. The third-order valence-corrected chi connectivity index (χ3v) is 1.23. The standard InChI is InChI=1S/C6H11N3/c1-3-6-5-7-9(4-2)8-6/h5H,3-4H2,1-2H3. The molecular weight excluding hydrogens is 114 g/mol. The Morgan fingerprint density at radius 1 is 1.56 bits per heavy atom. The lowest BCUT2D eigenvalue weighted by atomic mass is 10.4. The van der Waals surface area contributed by atoms with Crippen molar-refractivity contribution in [2.24, 2.45) is 0 Å². The second kappa shape index (κ2) is 2.62. The van der Waals surface area contributed by atoms with Crippen LogP contribution < -0.4 is 0 Å². The zero-order chi connectivity index (χ0) is 6.69. The summed E-state index contributed by atoms with van der Waals surface area (Å²) in [6, 6.07) is 0. The van der Waals surface area contributed by atoms with Crippen molar-refractivity contribution >= 4 is 0 Å². The zero-order valence-corrected chi connectivity index (χ0v) is 5.83. The van der Waals surface area contributed by atoms with Gasteiger partial charge in [0.1, 0.15) is 0 Å². The first kappa shape index (κ1) is 6.26. The van der Waals surface area contributed by atoms with Crippen LogP contribution in [0.2, 0.25) is 0 Å². The Bertz CT molecular complexity index is 162. The molecular formula is C6H11N3. The maximum absolute atomic E-state index is 4.15. The Kier molecular flexibility index (Phi) is 1.82. The molecule has 1 heterocycles. The summed E-state index contributed by atoms with van der Waals surface area (Å²) in [5.74, 6) is 0. The van der Waals surface area contributed by atoms with E-state index in [0.717, 1.165) is 18.7 Å². The van der Waals surface area contributed by atoms with Gasteiger partial charge in [0.15, 0.2) is 0 Å². The number of hydrogen-bond acceptors (Lipinski definition) is 2. The maximum atomic E-state index is 4.15. The van der Waals surface area contributed by atoms with Gasteiger partial charge in [0.05, 0.1) is 18.4 Å². The summed E-state index contributed by atoms with van der Waals surface area (Å²) in [5.41, 5.74) is 1.07. The fourth-order valence-electron chi connectivity index (χ4n) is 0.648. The number of aromatic nitrogens is 3. The molecule has 0 saturated carbocycles. The van der Waals surface area contributed by atoms with Crippen LogP contribution in [-0.4, -0.2) is 15.0 Å². The third-order valence-electron chi connectivity index (χ3n) is 1.23. The fourth-order valence-corrected chi connectivity index (χ4v) is 0.648. The van der Waals surface area contributed by atoms with Gasteiger partial charge < -0.3 is 0 Å². The van der Waals surface area contributed by atoms with Gasteiger partial charge in [-0.05, 0) is 13.3 Å². The minimum atomic E-state index is 0.861. The average Bonchev–Trinajstić information content (AvgIpc) is 2.34. The molecule has 0 aromatic carbocycles. The predicted molar refractivity (Wildman–Crippen MR) is 35.1 cm³/mol. The molecule has 0 fully saturated rings. The van der Waals surface area contributed by atoms with E-state index in [4.69, 9.17) is 0 Å². The van der Waals surface area contributed by atoms with Crippen LogP contribution in [0, 0.1) is 0 Å². The number of hydrogen-bond donors (Lipinski definition) is 0. The van der Waals surface area contributed by atoms with E-state index >= 15 is 0 Å². The molecule has 0 saturated heterocycles. The van der Waals surface area contributed by atoms with Gasteiger partial charge in [0, 0.05) is 0 Å². The van der Waals surface area contributed by atoms with E-state index in [-0.39, 0.29) is 0 Å². The summed E-state index contributed by atoms with van der Waals surface area (Å²) in [6.07, 6.45) is 2.78. The Labute approximate surface area is 54.7 Å². The van der Waals surface area contributed by atoms with Crippen molar-refractivity contribution in [1.29, 1.82) is 0 Å². The maximum Gasteiger partial charge on any atom is 0.0824 e. The van der Waals surface area contributed by atoms with E-state index in [1.165, 1.54) is 0 Å². The molecule has 0 N–H and O–H groups in total. The third kappa shape index (κ3) is 1.28. The predicted octanol–water partition coefficient (Wildman–Crippen LogP) is 0.860. The lowest BCUT2D eigenvalue weighted by molar-refractivity contribution is 0.564. The molecule has 0 aliphatic carbocycles. The van der Waals surface area contributed by atoms with Gasteiger partial charge in [-0.15, -0.1) is 0 Å². The summed E-state index contributed by atoms with van der Waals surface area (Å²) in [7, 11) is 0. The van der Waals surface area contributed by atoms with E-state index in [2.05, 4.69) is 17.1 Å². The summed E-state index contributed by atoms with van der Waals surface area (Å²) in [4.78, 5) is 1.69. The molecule has 0 aliphatic heterocycles. The van der Waals surface area contributed by atoms with E-state index in [0.29, 0.717) is 0 Å². The van der Waals surface area contributed by atoms with Crippen molar-refractivity contribution < 1.29 is 0 Å². The van der Waals surface area contributed by atoms with Gasteiger partial charge >= 0.3 is 0 Å². The molecule has 9 heavy (non-hydrogen) atoms. The van der Waals surface area contributed by atoms with Crippen molar-refractivity contribution in [3.05, 3.63) is 11.9 Å². The molecule has 0 amide bonds. The molecule has 50 valence electrons. The summed E-state index contributed by atoms with van der Waals surface area (Å²) in [5, 5.41) is 8.16. The molecule has 0 bridgehead atoms. The first-order valence-corrected chi connectivity index (χ1v) is 3.25. The van der Waals surface area contributed by atoms with Crippen LogP contribution in [0.3, 0.4) is 0 Å².